The molecule has 2 fully saturated rings. The third-order valence-corrected chi connectivity index (χ3v) is 4.67. The molecule has 1 amide bonds. The number of rotatable bonds is 4. The van der Waals surface area contributed by atoms with Crippen LogP contribution in [0.3, 0.4) is 0 Å². The summed E-state index contributed by atoms with van der Waals surface area (Å²) in [6.07, 6.45) is 7.39. The molecule has 5 heteroatoms. The molecular weight excluding hydrogens is 252 g/mol. The maximum atomic E-state index is 12.8. The van der Waals surface area contributed by atoms with Crippen LogP contribution in [0.5, 0.6) is 0 Å². The van der Waals surface area contributed by atoms with Gasteiger partial charge < -0.3 is 10.2 Å². The Morgan fingerprint density at radius 3 is 2.65 bits per heavy atom. The van der Waals surface area contributed by atoms with Crippen molar-refractivity contribution in [3.8, 4) is 0 Å². The molecule has 2 N–H and O–H groups in total. The maximum Gasteiger partial charge on any atom is 0.257 e. The number of hydrogen-bond acceptors (Lipinski definition) is 3. The van der Waals surface area contributed by atoms with Gasteiger partial charge >= 0.3 is 0 Å². The van der Waals surface area contributed by atoms with E-state index in [2.05, 4.69) is 27.3 Å². The Bertz CT molecular complexity index is 472. The Hall–Kier alpha value is -1.36. The molecule has 3 heterocycles. The quantitative estimate of drug-likeness (QED) is 0.882. The highest BCUT2D eigenvalue weighted by atomic mass is 16.2. The van der Waals surface area contributed by atoms with Crippen molar-refractivity contribution in [2.24, 2.45) is 0 Å². The maximum absolute atomic E-state index is 12.8. The molecule has 2 unspecified atom stereocenters. The average molecular weight is 276 g/mol. The fraction of sp³-hybridized carbons (Fsp3) is 0.733. The van der Waals surface area contributed by atoms with Gasteiger partial charge in [-0.3, -0.25) is 9.89 Å². The summed E-state index contributed by atoms with van der Waals surface area (Å²) in [5, 5.41) is 10.5. The number of nitrogens with one attached hydrogen (secondary N) is 2. The highest BCUT2D eigenvalue weighted by molar-refractivity contribution is 5.95. The number of hydrogen-bond donors (Lipinski definition) is 2. The summed E-state index contributed by atoms with van der Waals surface area (Å²) in [6, 6.07) is 1.60. The van der Waals surface area contributed by atoms with E-state index in [-0.39, 0.29) is 5.91 Å². The number of H-pyrrole nitrogens is 1. The van der Waals surface area contributed by atoms with E-state index in [0.29, 0.717) is 18.1 Å². The first kappa shape index (κ1) is 13.6. The zero-order valence-corrected chi connectivity index (χ0v) is 12.4. The minimum atomic E-state index is 0.143. The van der Waals surface area contributed by atoms with E-state index in [1.807, 2.05) is 6.92 Å². The molecular formula is C15H24N4O. The molecule has 1 aromatic heterocycles. The number of nitrogens with zero attached hydrogens (tertiary/aromatic N) is 2. The topological polar surface area (TPSA) is 61.0 Å². The Morgan fingerprint density at radius 1 is 1.40 bits per heavy atom. The Morgan fingerprint density at radius 2 is 2.10 bits per heavy atom. The van der Waals surface area contributed by atoms with Gasteiger partial charge in [0.15, 0.2) is 0 Å². The van der Waals surface area contributed by atoms with Crippen molar-refractivity contribution >= 4 is 5.91 Å². The third-order valence-electron chi connectivity index (χ3n) is 4.67. The van der Waals surface area contributed by atoms with Crippen LogP contribution < -0.4 is 5.32 Å². The van der Waals surface area contributed by atoms with Crippen LogP contribution in [-0.2, 0) is 0 Å². The van der Waals surface area contributed by atoms with Crippen molar-refractivity contribution < 1.29 is 4.79 Å². The molecule has 0 aromatic carbocycles. The van der Waals surface area contributed by atoms with Crippen LogP contribution in [0.1, 0.15) is 55.1 Å². The first-order valence-corrected chi connectivity index (χ1v) is 7.76. The smallest absolute Gasteiger partial charge is 0.257 e. The van der Waals surface area contributed by atoms with Gasteiger partial charge in [-0.25, -0.2) is 0 Å². The van der Waals surface area contributed by atoms with E-state index in [4.69, 9.17) is 0 Å². The Labute approximate surface area is 120 Å². The lowest BCUT2D eigenvalue weighted by Gasteiger charge is -2.37. The summed E-state index contributed by atoms with van der Waals surface area (Å²) in [5.41, 5.74) is 1.59. The molecule has 2 aliphatic rings. The molecule has 2 bridgehead atoms. The van der Waals surface area contributed by atoms with Crippen LogP contribution in [0.15, 0.2) is 6.20 Å². The number of piperidine rings is 1. The highest BCUT2D eigenvalue weighted by Crippen LogP contribution is 2.30. The van der Waals surface area contributed by atoms with E-state index in [0.717, 1.165) is 37.1 Å². The van der Waals surface area contributed by atoms with Gasteiger partial charge in [0.05, 0.1) is 11.8 Å². The van der Waals surface area contributed by atoms with Crippen molar-refractivity contribution in [3.63, 3.8) is 0 Å². The van der Waals surface area contributed by atoms with Gasteiger partial charge in [0.2, 0.25) is 0 Å². The Kier molecular flexibility index (Phi) is 3.78. The molecule has 0 saturated carbocycles. The van der Waals surface area contributed by atoms with Gasteiger partial charge in [0.25, 0.3) is 5.91 Å². The van der Waals surface area contributed by atoms with Crippen molar-refractivity contribution in [1.82, 2.24) is 20.4 Å². The predicted octanol–water partition coefficient (Wildman–Crippen LogP) is 1.85. The third kappa shape index (κ3) is 2.46. The lowest BCUT2D eigenvalue weighted by atomic mass is 9.97. The zero-order chi connectivity index (χ0) is 14.1. The number of aromatic nitrogens is 2. The molecule has 0 spiro atoms. The van der Waals surface area contributed by atoms with E-state index in [9.17, 15) is 4.79 Å². The molecule has 20 heavy (non-hydrogen) atoms. The fourth-order valence-corrected chi connectivity index (χ4v) is 3.69. The summed E-state index contributed by atoms with van der Waals surface area (Å²) in [5.74, 6) is 0.143. The van der Waals surface area contributed by atoms with Crippen molar-refractivity contribution in [3.05, 3.63) is 17.5 Å². The normalized spacial score (nSPS) is 28.6. The number of aromatic amines is 1. The van der Waals surface area contributed by atoms with Crippen LogP contribution in [0, 0.1) is 6.92 Å². The van der Waals surface area contributed by atoms with E-state index in [1.165, 1.54) is 12.8 Å². The van der Waals surface area contributed by atoms with Gasteiger partial charge in [-0.15, -0.1) is 0 Å². The average Bonchev–Trinajstić information content (AvgIpc) is 3.01. The number of amides is 1. The van der Waals surface area contributed by atoms with Crippen molar-refractivity contribution in [1.29, 1.82) is 0 Å². The lowest BCUT2D eigenvalue weighted by Crippen LogP contribution is -2.50. The summed E-state index contributed by atoms with van der Waals surface area (Å²) in [6.45, 7) is 4.89. The molecule has 1 aromatic rings. The molecule has 0 aliphatic carbocycles. The van der Waals surface area contributed by atoms with Crippen molar-refractivity contribution in [2.75, 3.05) is 6.54 Å². The largest absolute Gasteiger partial charge is 0.335 e. The summed E-state index contributed by atoms with van der Waals surface area (Å²) in [7, 11) is 0. The van der Waals surface area contributed by atoms with Crippen LogP contribution in [0.25, 0.3) is 0 Å². The predicted molar refractivity (Wildman–Crippen MR) is 77.6 cm³/mol. The van der Waals surface area contributed by atoms with E-state index >= 15 is 0 Å². The fourth-order valence-electron chi connectivity index (χ4n) is 3.69. The lowest BCUT2D eigenvalue weighted by molar-refractivity contribution is 0.0616. The number of fused-ring (bicyclic) bond motifs is 2. The number of aryl methyl sites for hydroxylation is 1. The first-order valence-electron chi connectivity index (χ1n) is 7.76. The van der Waals surface area contributed by atoms with Gasteiger partial charge in [0, 0.05) is 30.4 Å². The summed E-state index contributed by atoms with van der Waals surface area (Å²) >= 11 is 0. The van der Waals surface area contributed by atoms with Crippen molar-refractivity contribution in [2.45, 2.75) is 64.1 Å². The van der Waals surface area contributed by atoms with Gasteiger partial charge in [0.1, 0.15) is 0 Å². The molecule has 0 radical (unpaired) electrons. The van der Waals surface area contributed by atoms with E-state index < -0.39 is 0 Å². The second kappa shape index (κ2) is 5.56. The summed E-state index contributed by atoms with van der Waals surface area (Å²) in [4.78, 5) is 14.9. The second-order valence-electron chi connectivity index (χ2n) is 6.17. The molecule has 110 valence electrons. The van der Waals surface area contributed by atoms with Gasteiger partial charge in [-0.2, -0.15) is 5.10 Å². The molecule has 3 rings (SSSR count). The van der Waals surface area contributed by atoms with Crippen LogP contribution >= 0.6 is 0 Å². The monoisotopic (exact) mass is 276 g/mol. The number of carbonyl (C=O) groups is 1. The molecule has 2 atom stereocenters. The minimum Gasteiger partial charge on any atom is -0.335 e. The molecule has 5 nitrogen and oxygen atoms in total. The standard InChI is InChI=1S/C15H24N4O/c1-3-6-19(15(20)14-9-16-18-10(14)2)13-7-11-4-5-12(8-13)17-11/h9,11-13,17H,3-8H2,1-2H3,(H,16,18). The van der Waals surface area contributed by atoms with Gasteiger partial charge in [-0.1, -0.05) is 6.92 Å². The molecule has 2 saturated heterocycles. The number of carbonyl (C=O) groups excluding carboxylic acids is 1. The summed E-state index contributed by atoms with van der Waals surface area (Å²) < 4.78 is 0. The minimum absolute atomic E-state index is 0.143. The molecule has 2 aliphatic heterocycles. The van der Waals surface area contributed by atoms with Crippen LogP contribution in [0.4, 0.5) is 0 Å². The van der Waals surface area contributed by atoms with E-state index in [1.54, 1.807) is 6.20 Å². The zero-order valence-electron chi connectivity index (χ0n) is 12.4. The Balaban J connectivity index is 1.78. The van der Waals surface area contributed by atoms with Crippen LogP contribution in [-0.4, -0.2) is 45.7 Å². The van der Waals surface area contributed by atoms with Crippen LogP contribution in [0.2, 0.25) is 0 Å². The second-order valence-corrected chi connectivity index (χ2v) is 6.17. The SMILES string of the molecule is CCCN(C(=O)c1cn[nH]c1C)C1CC2CCC(C1)N2. The van der Waals surface area contributed by atoms with Gasteiger partial charge in [-0.05, 0) is 39.0 Å². The first-order chi connectivity index (χ1) is 9.69. The highest BCUT2D eigenvalue weighted by Gasteiger charge is 2.37.